The van der Waals surface area contributed by atoms with E-state index in [4.69, 9.17) is 17.0 Å². The number of hydrogen-bond acceptors (Lipinski definition) is 3. The molecule has 0 spiro atoms. The summed E-state index contributed by atoms with van der Waals surface area (Å²) < 4.78 is 5.25. The van der Waals surface area contributed by atoms with Crippen molar-refractivity contribution < 1.29 is 4.74 Å². The molecular formula is C11H9NOS. The Balaban J connectivity index is 2.47. The summed E-state index contributed by atoms with van der Waals surface area (Å²) in [4.78, 5) is 4.77. The van der Waals surface area contributed by atoms with Gasteiger partial charge in [-0.15, -0.1) is 0 Å². The van der Waals surface area contributed by atoms with Gasteiger partial charge < -0.3 is 4.74 Å². The van der Waals surface area contributed by atoms with E-state index in [1.807, 2.05) is 24.3 Å². The number of para-hydroxylation sites is 1. The van der Waals surface area contributed by atoms with Crippen molar-refractivity contribution >= 4 is 28.9 Å². The number of benzene rings is 1. The molecule has 2 nitrogen and oxygen atoms in total. The first kappa shape index (κ1) is 9.09. The molecule has 1 aliphatic rings. The second-order valence-corrected chi connectivity index (χ2v) is 3.33. The van der Waals surface area contributed by atoms with Crippen LogP contribution in [0, 0.1) is 0 Å². The molecule has 0 atom stereocenters. The summed E-state index contributed by atoms with van der Waals surface area (Å²) in [5.41, 5.74) is 1.95. The van der Waals surface area contributed by atoms with Crippen LogP contribution in [0.5, 0.6) is 5.75 Å². The zero-order valence-corrected chi connectivity index (χ0v) is 8.54. The van der Waals surface area contributed by atoms with Gasteiger partial charge in [0.05, 0.1) is 12.0 Å². The van der Waals surface area contributed by atoms with Crippen LogP contribution in [0.15, 0.2) is 35.5 Å². The summed E-state index contributed by atoms with van der Waals surface area (Å²) in [6.45, 7) is 0. The Bertz CT molecular complexity index is 435. The molecule has 1 aliphatic heterocycles. The van der Waals surface area contributed by atoms with Crippen LogP contribution >= 0.6 is 12.2 Å². The first-order chi connectivity index (χ1) is 6.83. The summed E-state index contributed by atoms with van der Waals surface area (Å²) in [5, 5.41) is 0. The number of allylic oxidation sites excluding steroid dienone is 1. The van der Waals surface area contributed by atoms with E-state index >= 15 is 0 Å². The fraction of sp³-hybridized carbons (Fsp3) is 0.0909. The number of thiocarbonyl (C=S) groups is 1. The van der Waals surface area contributed by atoms with Crippen molar-refractivity contribution in [2.45, 2.75) is 0 Å². The Labute approximate surface area is 87.9 Å². The average molecular weight is 203 g/mol. The van der Waals surface area contributed by atoms with Gasteiger partial charge in [0.15, 0.2) is 0 Å². The molecule has 0 fully saturated rings. The van der Waals surface area contributed by atoms with Crippen molar-refractivity contribution in [3.63, 3.8) is 0 Å². The molecule has 3 heteroatoms. The van der Waals surface area contributed by atoms with E-state index in [0.717, 1.165) is 21.8 Å². The molecule has 70 valence electrons. The molecule has 0 saturated carbocycles. The lowest BCUT2D eigenvalue weighted by Crippen LogP contribution is -1.98. The van der Waals surface area contributed by atoms with Gasteiger partial charge in [-0.3, -0.25) is 4.99 Å². The summed E-state index contributed by atoms with van der Waals surface area (Å²) in [5.74, 6) is 0.826. The lowest BCUT2D eigenvalue weighted by atomic mass is 10.0. The van der Waals surface area contributed by atoms with Gasteiger partial charge in [-0.2, -0.15) is 0 Å². The van der Waals surface area contributed by atoms with Crippen LogP contribution in [0.2, 0.25) is 0 Å². The molecule has 0 unspecified atom stereocenters. The summed E-state index contributed by atoms with van der Waals surface area (Å²) >= 11 is 5.16. The van der Waals surface area contributed by atoms with Gasteiger partial charge in [-0.1, -0.05) is 30.4 Å². The highest BCUT2D eigenvalue weighted by atomic mass is 32.1. The number of ether oxygens (including phenoxy) is 1. The van der Waals surface area contributed by atoms with Crippen LogP contribution < -0.4 is 4.74 Å². The number of aliphatic imine (C=N–C) groups is 1. The van der Waals surface area contributed by atoms with Gasteiger partial charge in [0, 0.05) is 23.6 Å². The van der Waals surface area contributed by atoms with Crippen molar-refractivity contribution in [3.8, 4) is 5.75 Å². The third-order valence-corrected chi connectivity index (χ3v) is 2.38. The number of rotatable bonds is 2. The highest BCUT2D eigenvalue weighted by molar-refractivity contribution is 7.83. The van der Waals surface area contributed by atoms with Crippen LogP contribution in [0.1, 0.15) is 5.56 Å². The van der Waals surface area contributed by atoms with Crippen molar-refractivity contribution in [1.82, 2.24) is 0 Å². The standard InChI is InChI=1S/C11H9NOS/c1-13-10-5-3-2-4-8(10)9-6-12-7-11(9)14/h2-7H,1H3. The Morgan fingerprint density at radius 2 is 2.07 bits per heavy atom. The number of methoxy groups -OCH3 is 1. The molecule has 0 bridgehead atoms. The van der Waals surface area contributed by atoms with E-state index in [2.05, 4.69) is 4.99 Å². The van der Waals surface area contributed by atoms with Gasteiger partial charge in [0.25, 0.3) is 0 Å². The van der Waals surface area contributed by atoms with Crippen molar-refractivity contribution in [1.29, 1.82) is 0 Å². The molecule has 0 saturated heterocycles. The summed E-state index contributed by atoms with van der Waals surface area (Å²) in [6, 6.07) is 7.78. The third kappa shape index (κ3) is 1.46. The zero-order valence-electron chi connectivity index (χ0n) is 7.73. The van der Waals surface area contributed by atoms with Crippen LogP contribution in [-0.4, -0.2) is 18.2 Å². The molecule has 0 aliphatic carbocycles. The maximum Gasteiger partial charge on any atom is 0.126 e. The maximum atomic E-state index is 5.25. The molecular weight excluding hydrogens is 194 g/mol. The fourth-order valence-electron chi connectivity index (χ4n) is 1.38. The topological polar surface area (TPSA) is 21.6 Å². The van der Waals surface area contributed by atoms with Crippen molar-refractivity contribution in [2.75, 3.05) is 7.11 Å². The van der Waals surface area contributed by atoms with E-state index in [1.54, 1.807) is 19.5 Å². The van der Waals surface area contributed by atoms with E-state index < -0.39 is 0 Å². The minimum atomic E-state index is 0.759. The van der Waals surface area contributed by atoms with E-state index in [1.165, 1.54) is 0 Å². The molecule has 1 aromatic rings. The largest absolute Gasteiger partial charge is 0.496 e. The summed E-state index contributed by atoms with van der Waals surface area (Å²) in [6.07, 6.45) is 3.44. The molecule has 1 heterocycles. The van der Waals surface area contributed by atoms with Gasteiger partial charge in [0.2, 0.25) is 0 Å². The van der Waals surface area contributed by atoms with Crippen molar-refractivity contribution in [2.24, 2.45) is 4.99 Å². The number of nitrogens with zero attached hydrogens (tertiary/aromatic N) is 1. The SMILES string of the molecule is COc1ccccc1C1=CN=CC1=S. The van der Waals surface area contributed by atoms with Gasteiger partial charge in [-0.25, -0.2) is 0 Å². The smallest absolute Gasteiger partial charge is 0.126 e. The second-order valence-electron chi connectivity index (χ2n) is 2.89. The second kappa shape index (κ2) is 3.72. The predicted octanol–water partition coefficient (Wildman–Crippen LogP) is 2.49. The zero-order chi connectivity index (χ0) is 9.97. The monoisotopic (exact) mass is 203 g/mol. The fourth-order valence-corrected chi connectivity index (χ4v) is 1.61. The maximum absolute atomic E-state index is 5.25. The molecule has 14 heavy (non-hydrogen) atoms. The lowest BCUT2D eigenvalue weighted by Gasteiger charge is -2.07. The van der Waals surface area contributed by atoms with E-state index in [9.17, 15) is 0 Å². The van der Waals surface area contributed by atoms with Gasteiger partial charge in [-0.05, 0) is 6.07 Å². The molecule has 0 aromatic heterocycles. The minimum Gasteiger partial charge on any atom is -0.496 e. The van der Waals surface area contributed by atoms with E-state index in [0.29, 0.717) is 0 Å². The van der Waals surface area contributed by atoms with Gasteiger partial charge >= 0.3 is 0 Å². The first-order valence-corrected chi connectivity index (χ1v) is 4.65. The van der Waals surface area contributed by atoms with Gasteiger partial charge in [0.1, 0.15) is 5.75 Å². The Morgan fingerprint density at radius 3 is 2.71 bits per heavy atom. The Kier molecular flexibility index (Phi) is 2.41. The normalized spacial score (nSPS) is 14.4. The first-order valence-electron chi connectivity index (χ1n) is 4.24. The molecule has 2 rings (SSSR count). The minimum absolute atomic E-state index is 0.759. The van der Waals surface area contributed by atoms with Crippen LogP contribution in [-0.2, 0) is 0 Å². The number of hydrogen-bond donors (Lipinski definition) is 0. The van der Waals surface area contributed by atoms with Crippen LogP contribution in [0.25, 0.3) is 5.57 Å². The average Bonchev–Trinajstić information content (AvgIpc) is 2.64. The van der Waals surface area contributed by atoms with Crippen LogP contribution in [0.4, 0.5) is 0 Å². The molecule has 0 radical (unpaired) electrons. The molecule has 0 N–H and O–H groups in total. The Morgan fingerprint density at radius 1 is 1.29 bits per heavy atom. The van der Waals surface area contributed by atoms with Crippen molar-refractivity contribution in [3.05, 3.63) is 36.0 Å². The lowest BCUT2D eigenvalue weighted by molar-refractivity contribution is 0.413. The molecule has 1 aromatic carbocycles. The highest BCUT2D eigenvalue weighted by Crippen LogP contribution is 2.28. The van der Waals surface area contributed by atoms with Crippen LogP contribution in [0.3, 0.4) is 0 Å². The Hall–Kier alpha value is -1.48. The summed E-state index contributed by atoms with van der Waals surface area (Å²) in [7, 11) is 1.65. The van der Waals surface area contributed by atoms with E-state index in [-0.39, 0.29) is 0 Å². The highest BCUT2D eigenvalue weighted by Gasteiger charge is 2.13. The third-order valence-electron chi connectivity index (χ3n) is 2.06. The molecule has 0 amide bonds. The predicted molar refractivity (Wildman–Crippen MR) is 62.1 cm³/mol. The quantitative estimate of drug-likeness (QED) is 0.689.